The van der Waals surface area contributed by atoms with Gasteiger partial charge in [0.25, 0.3) is 0 Å². The SMILES string of the molecule is CC(C)(C)OC(=O)N1CCC(C2c3ccc(Cl)cc3C(CO)=Cc3cccnc32)CC1.CC(C)(C)OC(=O)N1CCC([C@@H]2c3ccc(Cl)cc3C(C=O)=Cc3cccnc32)CC1.CC(C)(C)OC(=O)N1CCC([C@H]2c3ccc(Cl)cc3C(C=O)=Cc3cccnc32)CC1.[O]=[Mn]=[O]. The van der Waals surface area contributed by atoms with Crippen molar-refractivity contribution in [3.05, 3.63) is 192 Å². The summed E-state index contributed by atoms with van der Waals surface area (Å²) >= 11 is 17.5. The van der Waals surface area contributed by atoms with Crippen molar-refractivity contribution >= 4 is 101 Å². The first-order valence-corrected chi connectivity index (χ1v) is 34.5. The quantitative estimate of drug-likeness (QED) is 0.0933. The number of allylic oxidation sites excluding steroid dienone is 2. The molecular weight excluding hydrogens is 1320 g/mol. The monoisotopic (exact) mass is 1400 g/mol. The number of aldehydes is 2. The van der Waals surface area contributed by atoms with Crippen molar-refractivity contribution in [1.82, 2.24) is 29.7 Å². The van der Waals surface area contributed by atoms with E-state index in [4.69, 9.17) is 71.6 Å². The van der Waals surface area contributed by atoms with Crippen molar-refractivity contribution in [1.29, 1.82) is 0 Å². The number of nitrogens with zero attached hydrogens (tertiary/aromatic N) is 6. The van der Waals surface area contributed by atoms with Gasteiger partial charge in [0.1, 0.15) is 16.8 Å². The number of piperidine rings is 3. The Morgan fingerprint density at radius 2 is 0.760 bits per heavy atom. The molecule has 507 valence electrons. The van der Waals surface area contributed by atoms with E-state index in [-0.39, 0.29) is 54.5 Å². The van der Waals surface area contributed by atoms with Gasteiger partial charge in [-0.1, -0.05) is 71.2 Å². The van der Waals surface area contributed by atoms with Gasteiger partial charge in [-0.25, -0.2) is 14.4 Å². The van der Waals surface area contributed by atoms with Crippen LogP contribution in [0.2, 0.25) is 15.1 Å². The fraction of sp³-hybridized carbons (Fsp3) is 0.413. The van der Waals surface area contributed by atoms with Crippen molar-refractivity contribution in [3.8, 4) is 0 Å². The van der Waals surface area contributed by atoms with Gasteiger partial charge in [0, 0.05) is 102 Å². The number of amides is 3. The third kappa shape index (κ3) is 18.0. The molecule has 0 saturated carbocycles. The molecule has 3 atom stereocenters. The van der Waals surface area contributed by atoms with Gasteiger partial charge < -0.3 is 34.0 Å². The zero-order chi connectivity index (χ0) is 69.2. The Labute approximate surface area is 583 Å². The Balaban J connectivity index is 0.000000165. The van der Waals surface area contributed by atoms with Crippen LogP contribution in [-0.4, -0.2) is 128 Å². The van der Waals surface area contributed by atoms with Crippen LogP contribution in [0.5, 0.6) is 0 Å². The Morgan fingerprint density at radius 3 is 1.04 bits per heavy atom. The number of aromatic nitrogens is 3. The van der Waals surface area contributed by atoms with E-state index >= 15 is 0 Å². The molecule has 12 rings (SSSR count). The van der Waals surface area contributed by atoms with Crippen molar-refractivity contribution in [2.75, 3.05) is 45.9 Å². The summed E-state index contributed by atoms with van der Waals surface area (Å²) in [4.78, 5) is 80.9. The van der Waals surface area contributed by atoms with Gasteiger partial charge in [-0.15, -0.1) is 0 Å². The first-order valence-electron chi connectivity index (χ1n) is 32.4. The first kappa shape index (κ1) is 72.7. The minimum absolute atomic E-state index is 0.0259. The Morgan fingerprint density at radius 1 is 0.479 bits per heavy atom. The van der Waals surface area contributed by atoms with Crippen LogP contribution in [0.3, 0.4) is 0 Å². The number of likely N-dealkylation sites (tertiary alicyclic amines) is 3. The molecule has 3 fully saturated rings. The summed E-state index contributed by atoms with van der Waals surface area (Å²) in [6.45, 7) is 20.7. The normalized spacial score (nSPS) is 18.6. The van der Waals surface area contributed by atoms with Crippen LogP contribution < -0.4 is 0 Å². The van der Waals surface area contributed by atoms with Crippen molar-refractivity contribution in [2.24, 2.45) is 17.8 Å². The zero-order valence-electron chi connectivity index (χ0n) is 55.7. The summed E-state index contributed by atoms with van der Waals surface area (Å²) in [5, 5.41) is 11.9. The van der Waals surface area contributed by atoms with Gasteiger partial charge in [-0.2, -0.15) is 0 Å². The number of benzene rings is 3. The maximum absolute atomic E-state index is 12.5. The molecule has 3 aliphatic carbocycles. The Bertz CT molecular complexity index is 3810. The number of aliphatic hydroxyl groups excluding tert-OH is 1. The Hall–Kier alpha value is -7.57. The molecule has 1 N–H and O–H groups in total. The summed E-state index contributed by atoms with van der Waals surface area (Å²) in [5.74, 6) is 1.01. The number of hydrogen-bond donors (Lipinski definition) is 1. The van der Waals surface area contributed by atoms with Gasteiger partial charge >= 0.3 is 40.8 Å². The van der Waals surface area contributed by atoms with Gasteiger partial charge in [-0.05, 0) is 247 Å². The molecule has 3 aromatic heterocycles. The second kappa shape index (κ2) is 31.7. The van der Waals surface area contributed by atoms with Crippen LogP contribution in [0, 0.1) is 17.8 Å². The van der Waals surface area contributed by atoms with Crippen LogP contribution in [0.1, 0.15) is 186 Å². The molecule has 0 spiro atoms. The number of rotatable bonds is 6. The fourth-order valence-corrected chi connectivity index (χ4v) is 14.3. The predicted molar refractivity (Wildman–Crippen MR) is 368 cm³/mol. The van der Waals surface area contributed by atoms with Crippen LogP contribution in [0.15, 0.2) is 110 Å². The van der Waals surface area contributed by atoms with Crippen LogP contribution in [-0.2, 0) is 46.3 Å². The van der Waals surface area contributed by atoms with E-state index in [2.05, 4.69) is 6.07 Å². The van der Waals surface area contributed by atoms with E-state index in [1.807, 2.05) is 172 Å². The number of halogens is 3. The van der Waals surface area contributed by atoms with Crippen LogP contribution >= 0.6 is 34.8 Å². The topological polar surface area (TPSA) is 216 Å². The molecule has 21 heteroatoms. The molecule has 6 aromatic rings. The summed E-state index contributed by atoms with van der Waals surface area (Å²) in [6.07, 6.45) is 17.3. The zero-order valence-corrected chi connectivity index (χ0v) is 59.1. The molecule has 17 nitrogen and oxygen atoms in total. The number of carbonyl (C=O) groups excluding carboxylic acids is 5. The summed E-state index contributed by atoms with van der Waals surface area (Å²) in [5.41, 5.74) is 12.4. The molecule has 96 heavy (non-hydrogen) atoms. The molecule has 0 bridgehead atoms. The summed E-state index contributed by atoms with van der Waals surface area (Å²) in [7, 11) is 0. The standard InChI is InChI=1S/C25H29ClN2O3.2C25H27ClN2O3.Mn.2O/c3*1-25(2,3)31-24(30)28-11-8-16(9-12-28)22-20-7-6-19(26)14-21(20)18(15-29)13-17-5-4-10-27-23(17)22;;;/h4-7,10,13-14,16,22,29H,8-9,11-12,15H2,1-3H3;2*4-7,10,13-16,22H,8-9,11-12H2,1-3H3;;;/t;2*22-;;;/m.10.../s1. The first-order chi connectivity index (χ1) is 45.7. The number of aliphatic hydroxyl groups is 1. The van der Waals surface area contributed by atoms with E-state index < -0.39 is 31.6 Å². The number of hydrogen-bond acceptors (Lipinski definition) is 14. The molecule has 3 amide bonds. The molecule has 3 aliphatic heterocycles. The van der Waals surface area contributed by atoms with Crippen LogP contribution in [0.4, 0.5) is 14.4 Å². The maximum atomic E-state index is 12.5. The van der Waals surface area contributed by atoms with Gasteiger partial charge in [0.2, 0.25) is 0 Å². The van der Waals surface area contributed by atoms with E-state index in [1.54, 1.807) is 27.1 Å². The summed E-state index contributed by atoms with van der Waals surface area (Å²) < 4.78 is 33.5. The molecule has 6 heterocycles. The molecular formula is C75H83Cl3MnN6O11. The van der Waals surface area contributed by atoms with E-state index in [9.17, 15) is 29.1 Å². The van der Waals surface area contributed by atoms with E-state index in [0.29, 0.717) is 71.4 Å². The minimum atomic E-state index is -1.44. The molecule has 1 unspecified atom stereocenters. The average molecular weight is 1410 g/mol. The van der Waals surface area contributed by atoms with E-state index in [1.165, 1.54) is 0 Å². The van der Waals surface area contributed by atoms with Crippen molar-refractivity contribution in [2.45, 2.75) is 135 Å². The second-order valence-electron chi connectivity index (χ2n) is 27.8. The van der Waals surface area contributed by atoms with Crippen LogP contribution in [0.25, 0.3) is 34.9 Å². The number of ether oxygens (including phenoxy) is 3. The third-order valence-electron chi connectivity index (χ3n) is 17.9. The second-order valence-corrected chi connectivity index (χ2v) is 29.3. The van der Waals surface area contributed by atoms with E-state index in [0.717, 1.165) is 124 Å². The molecule has 3 aromatic carbocycles. The van der Waals surface area contributed by atoms with Gasteiger partial charge in [-0.3, -0.25) is 24.5 Å². The molecule has 0 radical (unpaired) electrons. The number of pyridine rings is 3. The molecule has 6 aliphatic rings. The van der Waals surface area contributed by atoms with Crippen molar-refractivity contribution < 1.29 is 65.8 Å². The van der Waals surface area contributed by atoms with Gasteiger partial charge in [0.05, 0.1) is 23.7 Å². The average Bonchev–Trinajstić information content (AvgIpc) is 1.54. The number of fused-ring (bicyclic) bond motifs is 6. The predicted octanol–water partition coefficient (Wildman–Crippen LogP) is 16.3. The number of carbonyl (C=O) groups is 5. The summed E-state index contributed by atoms with van der Waals surface area (Å²) in [6, 6.07) is 29.2. The molecule has 3 saturated heterocycles. The Kier molecular flexibility index (Phi) is 24.0. The van der Waals surface area contributed by atoms with Crippen molar-refractivity contribution in [3.63, 3.8) is 0 Å². The third-order valence-corrected chi connectivity index (χ3v) is 18.6. The fourth-order valence-electron chi connectivity index (χ4n) is 13.8. The van der Waals surface area contributed by atoms with Gasteiger partial charge in [0.15, 0.2) is 12.6 Å².